The fraction of sp³-hybridized carbons (Fsp3) is 0.375. The van der Waals surface area contributed by atoms with Crippen LogP contribution in [-0.4, -0.2) is 29.2 Å². The van der Waals surface area contributed by atoms with Crippen LogP contribution in [0.5, 0.6) is 0 Å². The second-order valence-electron chi connectivity index (χ2n) is 5.55. The van der Waals surface area contributed by atoms with Crippen molar-refractivity contribution < 1.29 is 8.42 Å². The Morgan fingerprint density at radius 1 is 1.09 bits per heavy atom. The van der Waals surface area contributed by atoms with E-state index in [1.807, 2.05) is 19.1 Å². The maximum absolute atomic E-state index is 13.0. The molecule has 116 valence electrons. The molecule has 1 aliphatic rings. The van der Waals surface area contributed by atoms with Crippen LogP contribution in [0, 0.1) is 6.92 Å². The van der Waals surface area contributed by atoms with Crippen LogP contribution in [0.15, 0.2) is 47.6 Å². The quantitative estimate of drug-likeness (QED) is 0.873. The second kappa shape index (κ2) is 6.14. The molecule has 6 heteroatoms. The SMILES string of the molecule is Cc1ccc(S(=O)(=O)N2CCCCC2c2ncccn2)cc1. The molecular weight excluding hydrogens is 298 g/mol. The summed E-state index contributed by atoms with van der Waals surface area (Å²) in [7, 11) is -3.52. The highest BCUT2D eigenvalue weighted by Gasteiger charge is 2.35. The average molecular weight is 317 g/mol. The van der Waals surface area contributed by atoms with E-state index in [1.165, 1.54) is 0 Å². The molecule has 0 amide bonds. The molecule has 0 radical (unpaired) electrons. The Morgan fingerprint density at radius 3 is 2.45 bits per heavy atom. The first-order valence-electron chi connectivity index (χ1n) is 7.44. The Labute approximate surface area is 131 Å². The average Bonchev–Trinajstić information content (AvgIpc) is 2.56. The Kier molecular flexibility index (Phi) is 4.22. The lowest BCUT2D eigenvalue weighted by molar-refractivity contribution is 0.246. The molecule has 1 atom stereocenters. The molecule has 1 aromatic carbocycles. The highest BCUT2D eigenvalue weighted by molar-refractivity contribution is 7.89. The van der Waals surface area contributed by atoms with Gasteiger partial charge in [0.05, 0.1) is 10.9 Å². The largest absolute Gasteiger partial charge is 0.243 e. The number of nitrogens with zero attached hydrogens (tertiary/aromatic N) is 3. The lowest BCUT2D eigenvalue weighted by atomic mass is 10.0. The molecule has 1 saturated heterocycles. The van der Waals surface area contributed by atoms with Crippen LogP contribution in [0.2, 0.25) is 0 Å². The van der Waals surface area contributed by atoms with E-state index >= 15 is 0 Å². The van der Waals surface area contributed by atoms with Gasteiger partial charge in [-0.2, -0.15) is 4.31 Å². The Morgan fingerprint density at radius 2 is 1.77 bits per heavy atom. The molecule has 0 aliphatic carbocycles. The molecule has 2 heterocycles. The van der Waals surface area contributed by atoms with Gasteiger partial charge < -0.3 is 0 Å². The summed E-state index contributed by atoms with van der Waals surface area (Å²) in [4.78, 5) is 8.85. The fourth-order valence-corrected chi connectivity index (χ4v) is 4.43. The molecule has 22 heavy (non-hydrogen) atoms. The monoisotopic (exact) mass is 317 g/mol. The van der Waals surface area contributed by atoms with Crippen molar-refractivity contribution in [3.63, 3.8) is 0 Å². The summed E-state index contributed by atoms with van der Waals surface area (Å²) in [6, 6.07) is 8.45. The molecule has 0 N–H and O–H groups in total. The van der Waals surface area contributed by atoms with Gasteiger partial charge in [-0.25, -0.2) is 18.4 Å². The van der Waals surface area contributed by atoms with Gasteiger partial charge in [-0.05, 0) is 38.0 Å². The van der Waals surface area contributed by atoms with E-state index in [1.54, 1.807) is 34.9 Å². The third kappa shape index (κ3) is 2.89. The minimum Gasteiger partial charge on any atom is -0.240 e. The molecule has 2 aromatic rings. The Balaban J connectivity index is 1.98. The summed E-state index contributed by atoms with van der Waals surface area (Å²) >= 11 is 0. The van der Waals surface area contributed by atoms with E-state index in [0.717, 1.165) is 24.8 Å². The normalized spacial score (nSPS) is 20.0. The molecule has 0 spiro atoms. The third-order valence-corrected chi connectivity index (χ3v) is 5.89. The van der Waals surface area contributed by atoms with Crippen molar-refractivity contribution in [3.8, 4) is 0 Å². The van der Waals surface area contributed by atoms with Crippen molar-refractivity contribution in [2.75, 3.05) is 6.54 Å². The van der Waals surface area contributed by atoms with Crippen LogP contribution >= 0.6 is 0 Å². The number of hydrogen-bond donors (Lipinski definition) is 0. The summed E-state index contributed by atoms with van der Waals surface area (Å²) in [5.41, 5.74) is 1.04. The van der Waals surface area contributed by atoms with Crippen LogP contribution in [-0.2, 0) is 10.0 Å². The van der Waals surface area contributed by atoms with Crippen molar-refractivity contribution >= 4 is 10.0 Å². The number of benzene rings is 1. The van der Waals surface area contributed by atoms with Crippen molar-refractivity contribution in [3.05, 3.63) is 54.1 Å². The number of aryl methyl sites for hydroxylation is 1. The minimum absolute atomic E-state index is 0.277. The topological polar surface area (TPSA) is 63.2 Å². The first kappa shape index (κ1) is 15.1. The zero-order valence-electron chi connectivity index (χ0n) is 12.5. The maximum Gasteiger partial charge on any atom is 0.243 e. The molecule has 5 nitrogen and oxygen atoms in total. The number of rotatable bonds is 3. The number of hydrogen-bond acceptors (Lipinski definition) is 4. The van der Waals surface area contributed by atoms with Crippen LogP contribution < -0.4 is 0 Å². The van der Waals surface area contributed by atoms with Crippen molar-refractivity contribution in [1.29, 1.82) is 0 Å². The molecule has 0 saturated carbocycles. The van der Waals surface area contributed by atoms with Gasteiger partial charge in [-0.3, -0.25) is 0 Å². The number of aromatic nitrogens is 2. The lowest BCUT2D eigenvalue weighted by Gasteiger charge is -2.33. The first-order valence-corrected chi connectivity index (χ1v) is 8.88. The Hall–Kier alpha value is -1.79. The predicted octanol–water partition coefficient (Wildman–Crippen LogP) is 2.70. The van der Waals surface area contributed by atoms with E-state index in [9.17, 15) is 8.42 Å². The van der Waals surface area contributed by atoms with Crippen LogP contribution in [0.3, 0.4) is 0 Å². The van der Waals surface area contributed by atoms with Gasteiger partial charge in [0.1, 0.15) is 5.82 Å². The highest BCUT2D eigenvalue weighted by Crippen LogP contribution is 2.33. The molecule has 0 bridgehead atoms. The first-order chi connectivity index (χ1) is 10.6. The number of sulfonamides is 1. The van der Waals surface area contributed by atoms with E-state index < -0.39 is 10.0 Å². The predicted molar refractivity (Wildman–Crippen MR) is 83.7 cm³/mol. The van der Waals surface area contributed by atoms with E-state index in [0.29, 0.717) is 17.3 Å². The third-order valence-electron chi connectivity index (χ3n) is 3.97. The zero-order valence-corrected chi connectivity index (χ0v) is 13.3. The summed E-state index contributed by atoms with van der Waals surface area (Å²) in [6.07, 6.45) is 5.94. The van der Waals surface area contributed by atoms with E-state index in [-0.39, 0.29) is 6.04 Å². The zero-order chi connectivity index (χ0) is 15.6. The molecule has 1 aliphatic heterocycles. The molecule has 1 fully saturated rings. The van der Waals surface area contributed by atoms with Gasteiger partial charge in [-0.1, -0.05) is 24.1 Å². The fourth-order valence-electron chi connectivity index (χ4n) is 2.78. The lowest BCUT2D eigenvalue weighted by Crippen LogP contribution is -2.39. The van der Waals surface area contributed by atoms with Crippen molar-refractivity contribution in [1.82, 2.24) is 14.3 Å². The van der Waals surface area contributed by atoms with Gasteiger partial charge in [-0.15, -0.1) is 0 Å². The standard InChI is InChI=1S/C16H19N3O2S/c1-13-6-8-14(9-7-13)22(20,21)19-12-3-2-5-15(19)16-17-10-4-11-18-16/h4,6-11,15H,2-3,5,12H2,1H3. The van der Waals surface area contributed by atoms with Crippen molar-refractivity contribution in [2.24, 2.45) is 0 Å². The smallest absolute Gasteiger partial charge is 0.240 e. The summed E-state index contributed by atoms with van der Waals surface area (Å²) < 4.78 is 27.5. The van der Waals surface area contributed by atoms with Crippen LogP contribution in [0.25, 0.3) is 0 Å². The number of piperidine rings is 1. The van der Waals surface area contributed by atoms with Crippen LogP contribution in [0.4, 0.5) is 0 Å². The van der Waals surface area contributed by atoms with Gasteiger partial charge in [0.25, 0.3) is 0 Å². The highest BCUT2D eigenvalue weighted by atomic mass is 32.2. The second-order valence-corrected chi connectivity index (χ2v) is 7.44. The summed E-state index contributed by atoms with van der Waals surface area (Å²) in [5.74, 6) is 0.581. The molecule has 3 rings (SSSR count). The molecular formula is C16H19N3O2S. The minimum atomic E-state index is -3.52. The van der Waals surface area contributed by atoms with Crippen LogP contribution in [0.1, 0.15) is 36.7 Å². The van der Waals surface area contributed by atoms with Gasteiger partial charge >= 0.3 is 0 Å². The maximum atomic E-state index is 13.0. The van der Waals surface area contributed by atoms with Gasteiger partial charge in [0, 0.05) is 18.9 Å². The Bertz CT molecular complexity index is 730. The van der Waals surface area contributed by atoms with E-state index in [4.69, 9.17) is 0 Å². The van der Waals surface area contributed by atoms with E-state index in [2.05, 4.69) is 9.97 Å². The molecule has 1 unspecified atom stereocenters. The van der Waals surface area contributed by atoms with Crippen molar-refractivity contribution in [2.45, 2.75) is 37.1 Å². The van der Waals surface area contributed by atoms with Gasteiger partial charge in [0.2, 0.25) is 10.0 Å². The summed E-state index contributed by atoms with van der Waals surface area (Å²) in [6.45, 7) is 2.46. The molecule has 1 aromatic heterocycles. The van der Waals surface area contributed by atoms with Gasteiger partial charge in [0.15, 0.2) is 0 Å². The summed E-state index contributed by atoms with van der Waals surface area (Å²) in [5, 5.41) is 0.